The summed E-state index contributed by atoms with van der Waals surface area (Å²) in [6.07, 6.45) is 1.57. The molecule has 2 aromatic rings. The van der Waals surface area contributed by atoms with Gasteiger partial charge in [0.2, 0.25) is 0 Å². The Morgan fingerprint density at radius 1 is 1.32 bits per heavy atom. The Labute approximate surface area is 154 Å². The number of β-amino-alcohol motifs (C(OH)–C–C–N with tert-alkyl or cyclic N) is 1. The van der Waals surface area contributed by atoms with Gasteiger partial charge in [-0.1, -0.05) is 12.1 Å². The van der Waals surface area contributed by atoms with E-state index in [4.69, 9.17) is 0 Å². The fourth-order valence-corrected chi connectivity index (χ4v) is 3.40. The summed E-state index contributed by atoms with van der Waals surface area (Å²) in [5, 5.41) is 12.5. The van der Waals surface area contributed by atoms with Gasteiger partial charge < -0.3 is 10.4 Å². The first-order valence-electron chi connectivity index (χ1n) is 8.27. The molecule has 1 fully saturated rings. The quantitative estimate of drug-likeness (QED) is 0.811. The Morgan fingerprint density at radius 3 is 2.92 bits per heavy atom. The Bertz CT molecular complexity index is 769. The first-order chi connectivity index (χ1) is 12.0. The number of rotatable bonds is 4. The van der Waals surface area contributed by atoms with E-state index in [0.29, 0.717) is 28.8 Å². The molecule has 1 amide bonds. The lowest BCUT2D eigenvalue weighted by atomic mass is 10.1. The van der Waals surface area contributed by atoms with Crippen molar-refractivity contribution < 1.29 is 14.3 Å². The summed E-state index contributed by atoms with van der Waals surface area (Å²) in [6, 6.07) is 11.8. The van der Waals surface area contributed by atoms with E-state index < -0.39 is 0 Å². The van der Waals surface area contributed by atoms with Crippen molar-refractivity contribution in [2.75, 3.05) is 18.4 Å². The van der Waals surface area contributed by atoms with Crippen LogP contribution in [0.5, 0.6) is 0 Å². The summed E-state index contributed by atoms with van der Waals surface area (Å²) in [7, 11) is 0. The molecule has 2 aromatic carbocycles. The molecule has 0 radical (unpaired) electrons. The van der Waals surface area contributed by atoms with Crippen LogP contribution in [0.4, 0.5) is 10.1 Å². The highest BCUT2D eigenvalue weighted by Crippen LogP contribution is 2.21. The van der Waals surface area contributed by atoms with Gasteiger partial charge in [-0.15, -0.1) is 0 Å². The number of hydrogen-bond donors (Lipinski definition) is 2. The Morgan fingerprint density at radius 2 is 2.16 bits per heavy atom. The highest BCUT2D eigenvalue weighted by molar-refractivity contribution is 9.10. The van der Waals surface area contributed by atoms with Gasteiger partial charge in [-0.3, -0.25) is 9.69 Å². The number of halogens is 2. The predicted octanol–water partition coefficient (Wildman–Crippen LogP) is 3.80. The second kappa shape index (κ2) is 8.08. The van der Waals surface area contributed by atoms with Gasteiger partial charge in [-0.25, -0.2) is 4.39 Å². The van der Waals surface area contributed by atoms with Crippen molar-refractivity contribution in [3.63, 3.8) is 0 Å². The maximum absolute atomic E-state index is 13.3. The Kier molecular flexibility index (Phi) is 5.83. The van der Waals surface area contributed by atoms with Crippen molar-refractivity contribution >= 4 is 27.5 Å². The molecule has 1 aliphatic rings. The highest BCUT2D eigenvalue weighted by Gasteiger charge is 2.18. The zero-order valence-corrected chi connectivity index (χ0v) is 15.3. The van der Waals surface area contributed by atoms with Crippen molar-refractivity contribution in [1.29, 1.82) is 0 Å². The lowest BCUT2D eigenvalue weighted by Gasteiger charge is -2.30. The first-order valence-corrected chi connectivity index (χ1v) is 9.06. The average Bonchev–Trinajstić information content (AvgIpc) is 2.58. The number of hydrogen-bond acceptors (Lipinski definition) is 3. The first kappa shape index (κ1) is 18.0. The number of benzene rings is 2. The van der Waals surface area contributed by atoms with Gasteiger partial charge in [0.1, 0.15) is 5.82 Å². The van der Waals surface area contributed by atoms with Crippen LogP contribution in [-0.2, 0) is 6.54 Å². The van der Waals surface area contributed by atoms with E-state index >= 15 is 0 Å². The number of piperidine rings is 1. The van der Waals surface area contributed by atoms with Gasteiger partial charge in [-0.2, -0.15) is 0 Å². The maximum Gasteiger partial charge on any atom is 0.255 e. The minimum Gasteiger partial charge on any atom is -0.392 e. The van der Waals surface area contributed by atoms with Crippen LogP contribution in [0.3, 0.4) is 0 Å². The molecule has 1 heterocycles. The summed E-state index contributed by atoms with van der Waals surface area (Å²) in [6.45, 7) is 2.33. The summed E-state index contributed by atoms with van der Waals surface area (Å²) >= 11 is 3.11. The van der Waals surface area contributed by atoms with E-state index in [1.54, 1.807) is 6.07 Å². The second-order valence-corrected chi connectivity index (χ2v) is 7.17. The number of aliphatic hydroxyl groups excluding tert-OH is 1. The fraction of sp³-hybridized carbons (Fsp3) is 0.316. The van der Waals surface area contributed by atoms with Crippen molar-refractivity contribution in [2.45, 2.75) is 25.5 Å². The zero-order valence-electron chi connectivity index (χ0n) is 13.7. The lowest BCUT2D eigenvalue weighted by molar-refractivity contribution is 0.0668. The van der Waals surface area contributed by atoms with Crippen LogP contribution in [0.25, 0.3) is 0 Å². The molecular weight excluding hydrogens is 387 g/mol. The third-order valence-electron chi connectivity index (χ3n) is 4.25. The monoisotopic (exact) mass is 406 g/mol. The Hall–Kier alpha value is -1.76. The zero-order chi connectivity index (χ0) is 17.8. The molecule has 1 aliphatic heterocycles. The summed E-state index contributed by atoms with van der Waals surface area (Å²) < 4.78 is 13.6. The van der Waals surface area contributed by atoms with Crippen molar-refractivity contribution in [3.8, 4) is 0 Å². The van der Waals surface area contributed by atoms with Crippen LogP contribution in [0.1, 0.15) is 28.8 Å². The molecule has 0 bridgehead atoms. The minimum absolute atomic E-state index is 0.237. The molecule has 1 saturated heterocycles. The van der Waals surface area contributed by atoms with Crippen molar-refractivity contribution in [2.24, 2.45) is 0 Å². The molecule has 0 aliphatic carbocycles. The van der Waals surface area contributed by atoms with E-state index in [1.807, 2.05) is 18.2 Å². The van der Waals surface area contributed by atoms with Gasteiger partial charge in [0.15, 0.2) is 0 Å². The maximum atomic E-state index is 13.3. The molecule has 2 N–H and O–H groups in total. The third kappa shape index (κ3) is 4.87. The predicted molar refractivity (Wildman–Crippen MR) is 99.0 cm³/mol. The topological polar surface area (TPSA) is 52.6 Å². The minimum atomic E-state index is -0.372. The smallest absolute Gasteiger partial charge is 0.255 e. The summed E-state index contributed by atoms with van der Waals surface area (Å²) in [5.41, 5.74) is 2.11. The number of anilines is 1. The van der Waals surface area contributed by atoms with Gasteiger partial charge in [0, 0.05) is 24.3 Å². The number of carbonyl (C=O) groups excluding carboxylic acids is 1. The van der Waals surface area contributed by atoms with Crippen LogP contribution >= 0.6 is 15.9 Å². The van der Waals surface area contributed by atoms with Crippen molar-refractivity contribution in [3.05, 3.63) is 63.9 Å². The number of likely N-dealkylation sites (tertiary alicyclic amines) is 1. The number of amides is 1. The van der Waals surface area contributed by atoms with E-state index in [1.165, 1.54) is 18.2 Å². The molecule has 0 aromatic heterocycles. The van der Waals surface area contributed by atoms with E-state index in [0.717, 1.165) is 24.9 Å². The van der Waals surface area contributed by atoms with Crippen LogP contribution in [0.15, 0.2) is 46.9 Å². The largest absolute Gasteiger partial charge is 0.392 e. The molecule has 0 saturated carbocycles. The van der Waals surface area contributed by atoms with Gasteiger partial charge in [0.05, 0.1) is 10.6 Å². The van der Waals surface area contributed by atoms with Crippen LogP contribution in [0, 0.1) is 5.82 Å². The highest BCUT2D eigenvalue weighted by atomic mass is 79.9. The molecule has 3 rings (SSSR count). The molecule has 4 nitrogen and oxygen atoms in total. The van der Waals surface area contributed by atoms with E-state index in [-0.39, 0.29) is 17.8 Å². The molecule has 1 atom stereocenters. The Balaban J connectivity index is 1.67. The summed E-state index contributed by atoms with van der Waals surface area (Å²) in [4.78, 5) is 14.6. The molecule has 25 heavy (non-hydrogen) atoms. The number of nitrogens with zero attached hydrogens (tertiary/aromatic N) is 1. The van der Waals surface area contributed by atoms with Crippen LogP contribution < -0.4 is 5.32 Å². The SMILES string of the molecule is O=C(Nc1ccc(F)c(Br)c1)c1cccc(CN2CCCC(O)C2)c1. The lowest BCUT2D eigenvalue weighted by Crippen LogP contribution is -2.37. The third-order valence-corrected chi connectivity index (χ3v) is 4.86. The van der Waals surface area contributed by atoms with Gasteiger partial charge >= 0.3 is 0 Å². The fourth-order valence-electron chi connectivity index (χ4n) is 3.02. The van der Waals surface area contributed by atoms with Gasteiger partial charge in [-0.05, 0) is 71.2 Å². The van der Waals surface area contributed by atoms with E-state index in [9.17, 15) is 14.3 Å². The number of carbonyl (C=O) groups is 1. The van der Waals surface area contributed by atoms with Crippen LogP contribution in [0.2, 0.25) is 0 Å². The molecule has 0 spiro atoms. The standard InChI is InChI=1S/C19H20BrFN2O2/c20-17-10-15(6-7-18(17)21)22-19(25)14-4-1-3-13(9-14)11-23-8-2-5-16(24)12-23/h1,3-4,6-7,9-10,16,24H,2,5,8,11-12H2,(H,22,25). The van der Waals surface area contributed by atoms with Crippen LogP contribution in [-0.4, -0.2) is 35.1 Å². The average molecular weight is 407 g/mol. The molecule has 132 valence electrons. The van der Waals surface area contributed by atoms with E-state index in [2.05, 4.69) is 26.1 Å². The normalized spacial score (nSPS) is 18.1. The molecular formula is C19H20BrFN2O2. The second-order valence-electron chi connectivity index (χ2n) is 6.31. The molecule has 6 heteroatoms. The number of nitrogens with one attached hydrogen (secondary N) is 1. The van der Waals surface area contributed by atoms with Gasteiger partial charge in [0.25, 0.3) is 5.91 Å². The van der Waals surface area contributed by atoms with Crippen molar-refractivity contribution in [1.82, 2.24) is 4.90 Å². The summed E-state index contributed by atoms with van der Waals surface area (Å²) in [5.74, 6) is -0.609. The number of aliphatic hydroxyl groups is 1. The molecule has 1 unspecified atom stereocenters.